The summed E-state index contributed by atoms with van der Waals surface area (Å²) in [6.45, 7) is 3.21. The predicted molar refractivity (Wildman–Crippen MR) is 104 cm³/mol. The first-order valence-corrected chi connectivity index (χ1v) is 9.27. The molecule has 0 aliphatic carbocycles. The van der Waals surface area contributed by atoms with Crippen LogP contribution in [0.3, 0.4) is 0 Å². The third kappa shape index (κ3) is 3.13. The van der Waals surface area contributed by atoms with Gasteiger partial charge in [-0.1, -0.05) is 36.4 Å². The van der Waals surface area contributed by atoms with E-state index in [1.165, 1.54) is 11.1 Å². The molecule has 0 saturated heterocycles. The van der Waals surface area contributed by atoms with Gasteiger partial charge in [-0.2, -0.15) is 0 Å². The minimum absolute atomic E-state index is 0.0619. The Hall–Kier alpha value is -2.99. The van der Waals surface area contributed by atoms with E-state index in [0.717, 1.165) is 31.6 Å². The highest BCUT2D eigenvalue weighted by atomic mass is 16.6. The Balaban J connectivity index is 1.29. The SMILES string of the molecule is O=c1[nH]c2ccc3c(c2[nH]1)OC(CN1CC=C(c2ccccc2)CC1)CO3. The van der Waals surface area contributed by atoms with Gasteiger partial charge < -0.3 is 19.4 Å². The summed E-state index contributed by atoms with van der Waals surface area (Å²) in [4.78, 5) is 19.5. The van der Waals surface area contributed by atoms with Gasteiger partial charge in [0.25, 0.3) is 0 Å². The summed E-state index contributed by atoms with van der Waals surface area (Å²) in [5.41, 5.74) is 3.88. The molecule has 27 heavy (non-hydrogen) atoms. The van der Waals surface area contributed by atoms with Crippen LogP contribution in [-0.4, -0.2) is 47.2 Å². The van der Waals surface area contributed by atoms with Crippen molar-refractivity contribution in [1.82, 2.24) is 14.9 Å². The van der Waals surface area contributed by atoms with Gasteiger partial charge >= 0.3 is 5.69 Å². The van der Waals surface area contributed by atoms with Crippen LogP contribution >= 0.6 is 0 Å². The van der Waals surface area contributed by atoms with Crippen LogP contribution in [0.2, 0.25) is 0 Å². The molecule has 0 radical (unpaired) electrons. The van der Waals surface area contributed by atoms with Crippen molar-refractivity contribution >= 4 is 16.6 Å². The fraction of sp³-hybridized carbons (Fsp3) is 0.286. The number of aromatic amines is 2. The van der Waals surface area contributed by atoms with Gasteiger partial charge in [0.2, 0.25) is 0 Å². The van der Waals surface area contributed by atoms with Gasteiger partial charge in [-0.15, -0.1) is 0 Å². The normalized spacial score (nSPS) is 19.9. The second-order valence-corrected chi connectivity index (χ2v) is 7.05. The number of aromatic nitrogens is 2. The fourth-order valence-corrected chi connectivity index (χ4v) is 3.84. The molecular formula is C21H21N3O3. The Labute approximate surface area is 156 Å². The Morgan fingerprint density at radius 1 is 1.11 bits per heavy atom. The quantitative estimate of drug-likeness (QED) is 0.751. The molecule has 6 heteroatoms. The maximum atomic E-state index is 11.6. The molecule has 1 atom stereocenters. The van der Waals surface area contributed by atoms with Gasteiger partial charge in [-0.3, -0.25) is 4.90 Å². The van der Waals surface area contributed by atoms with E-state index >= 15 is 0 Å². The molecule has 5 rings (SSSR count). The van der Waals surface area contributed by atoms with E-state index in [9.17, 15) is 4.79 Å². The van der Waals surface area contributed by atoms with Gasteiger partial charge in [-0.25, -0.2) is 4.79 Å². The number of ether oxygens (including phenoxy) is 2. The third-order valence-corrected chi connectivity index (χ3v) is 5.22. The number of H-pyrrole nitrogens is 2. The summed E-state index contributed by atoms with van der Waals surface area (Å²) in [5.74, 6) is 1.30. The Morgan fingerprint density at radius 2 is 2.00 bits per heavy atom. The van der Waals surface area contributed by atoms with Crippen molar-refractivity contribution in [2.24, 2.45) is 0 Å². The minimum Gasteiger partial charge on any atom is -0.486 e. The van der Waals surface area contributed by atoms with Crippen LogP contribution in [-0.2, 0) is 0 Å². The zero-order chi connectivity index (χ0) is 18.2. The summed E-state index contributed by atoms with van der Waals surface area (Å²) in [7, 11) is 0. The van der Waals surface area contributed by atoms with Crippen molar-refractivity contribution in [3.05, 3.63) is 64.6 Å². The van der Waals surface area contributed by atoms with Crippen LogP contribution in [0, 0.1) is 0 Å². The Kier molecular flexibility index (Phi) is 3.98. The van der Waals surface area contributed by atoms with Crippen molar-refractivity contribution < 1.29 is 9.47 Å². The molecule has 2 aliphatic rings. The van der Waals surface area contributed by atoms with E-state index in [1.54, 1.807) is 0 Å². The molecule has 0 amide bonds. The molecule has 3 aromatic rings. The van der Waals surface area contributed by atoms with Gasteiger partial charge in [0.05, 0.1) is 5.52 Å². The van der Waals surface area contributed by atoms with E-state index in [0.29, 0.717) is 23.6 Å². The van der Waals surface area contributed by atoms with Gasteiger partial charge in [0.15, 0.2) is 11.5 Å². The first-order valence-electron chi connectivity index (χ1n) is 9.27. The molecule has 1 aromatic heterocycles. The minimum atomic E-state index is -0.237. The first-order chi connectivity index (χ1) is 13.3. The lowest BCUT2D eigenvalue weighted by Crippen LogP contribution is -2.42. The molecule has 6 nitrogen and oxygen atoms in total. The molecule has 0 spiro atoms. The monoisotopic (exact) mass is 363 g/mol. The summed E-state index contributed by atoms with van der Waals surface area (Å²) >= 11 is 0. The highest BCUT2D eigenvalue weighted by molar-refractivity contribution is 5.84. The molecule has 3 heterocycles. The third-order valence-electron chi connectivity index (χ3n) is 5.22. The number of nitrogens with zero attached hydrogens (tertiary/aromatic N) is 1. The summed E-state index contributed by atoms with van der Waals surface area (Å²) in [5, 5.41) is 0. The molecule has 2 aromatic carbocycles. The predicted octanol–water partition coefficient (Wildman–Crippen LogP) is 2.79. The molecule has 0 saturated carbocycles. The van der Waals surface area contributed by atoms with E-state index in [1.807, 2.05) is 18.2 Å². The Morgan fingerprint density at radius 3 is 2.81 bits per heavy atom. The number of rotatable bonds is 3. The van der Waals surface area contributed by atoms with Crippen LogP contribution in [0.4, 0.5) is 0 Å². The van der Waals surface area contributed by atoms with Gasteiger partial charge in [0, 0.05) is 19.6 Å². The van der Waals surface area contributed by atoms with Crippen molar-refractivity contribution in [1.29, 1.82) is 0 Å². The fourth-order valence-electron chi connectivity index (χ4n) is 3.84. The molecule has 2 N–H and O–H groups in total. The zero-order valence-electron chi connectivity index (χ0n) is 14.9. The van der Waals surface area contributed by atoms with Gasteiger partial charge in [0.1, 0.15) is 18.2 Å². The Bertz CT molecular complexity index is 1050. The molecule has 2 aliphatic heterocycles. The second kappa shape index (κ2) is 6.63. The lowest BCUT2D eigenvalue weighted by Gasteiger charge is -2.33. The number of nitrogens with one attached hydrogen (secondary N) is 2. The van der Waals surface area contributed by atoms with E-state index in [2.05, 4.69) is 45.2 Å². The molecule has 0 bridgehead atoms. The highest BCUT2D eigenvalue weighted by Crippen LogP contribution is 2.37. The maximum absolute atomic E-state index is 11.6. The van der Waals surface area contributed by atoms with E-state index < -0.39 is 0 Å². The molecule has 138 valence electrons. The van der Waals surface area contributed by atoms with Crippen molar-refractivity contribution in [2.45, 2.75) is 12.5 Å². The van der Waals surface area contributed by atoms with E-state index in [4.69, 9.17) is 9.47 Å². The van der Waals surface area contributed by atoms with Crippen LogP contribution in [0.5, 0.6) is 11.5 Å². The van der Waals surface area contributed by atoms with E-state index in [-0.39, 0.29) is 11.8 Å². The van der Waals surface area contributed by atoms with Gasteiger partial charge in [-0.05, 0) is 29.7 Å². The summed E-state index contributed by atoms with van der Waals surface area (Å²) in [6.07, 6.45) is 3.27. The number of benzene rings is 2. The van der Waals surface area contributed by atoms with Crippen LogP contribution in [0.15, 0.2) is 53.3 Å². The van der Waals surface area contributed by atoms with Crippen LogP contribution < -0.4 is 15.2 Å². The number of fused-ring (bicyclic) bond motifs is 3. The number of hydrogen-bond donors (Lipinski definition) is 2. The lowest BCUT2D eigenvalue weighted by molar-refractivity contribution is 0.0630. The molecule has 0 fully saturated rings. The zero-order valence-corrected chi connectivity index (χ0v) is 14.9. The number of imidazole rings is 1. The first kappa shape index (κ1) is 16.2. The standard InChI is InChI=1S/C21H21N3O3/c25-21-22-17-6-7-18-20(19(17)23-21)27-16(13-26-18)12-24-10-8-15(9-11-24)14-4-2-1-3-5-14/h1-8,16H,9-13H2,(H2,22,23,25). The number of hydrogen-bond acceptors (Lipinski definition) is 4. The van der Waals surface area contributed by atoms with Crippen LogP contribution in [0.25, 0.3) is 16.6 Å². The van der Waals surface area contributed by atoms with Crippen LogP contribution in [0.1, 0.15) is 12.0 Å². The largest absolute Gasteiger partial charge is 0.486 e. The molecular weight excluding hydrogens is 342 g/mol. The van der Waals surface area contributed by atoms with Crippen molar-refractivity contribution in [2.75, 3.05) is 26.2 Å². The maximum Gasteiger partial charge on any atom is 0.323 e. The summed E-state index contributed by atoms with van der Waals surface area (Å²) < 4.78 is 12.1. The van der Waals surface area contributed by atoms with Crippen molar-refractivity contribution in [3.8, 4) is 11.5 Å². The smallest absolute Gasteiger partial charge is 0.323 e. The van der Waals surface area contributed by atoms with Crippen molar-refractivity contribution in [3.63, 3.8) is 0 Å². The lowest BCUT2D eigenvalue weighted by atomic mass is 9.99. The summed E-state index contributed by atoms with van der Waals surface area (Å²) in [6, 6.07) is 14.2. The average Bonchev–Trinajstić information content (AvgIpc) is 3.10. The average molecular weight is 363 g/mol. The highest BCUT2D eigenvalue weighted by Gasteiger charge is 2.26. The molecule has 1 unspecified atom stereocenters. The topological polar surface area (TPSA) is 70.3 Å². The second-order valence-electron chi connectivity index (χ2n) is 7.05.